The van der Waals surface area contributed by atoms with Gasteiger partial charge in [0.15, 0.2) is 11.6 Å². The topological polar surface area (TPSA) is 84.0 Å². The fourth-order valence-electron chi connectivity index (χ4n) is 2.31. The highest BCUT2D eigenvalue weighted by molar-refractivity contribution is 7.92. The van der Waals surface area contributed by atoms with Gasteiger partial charge in [0.05, 0.1) is 15.9 Å². The monoisotopic (exact) mass is 355 g/mol. The first-order chi connectivity index (χ1) is 12.1. The average molecular weight is 355 g/mol. The van der Waals surface area contributed by atoms with Crippen LogP contribution in [0.1, 0.15) is 19.8 Å². The predicted molar refractivity (Wildman–Crippen MR) is 99.0 cm³/mol. The van der Waals surface area contributed by atoms with E-state index in [0.29, 0.717) is 23.4 Å². The SMILES string of the molecule is CCCCNc1nc2ccccc2nc1NS(=O)(=O)c1cc[c]cc1. The van der Waals surface area contributed by atoms with Gasteiger partial charge in [-0.2, -0.15) is 0 Å². The van der Waals surface area contributed by atoms with Crippen molar-refractivity contribution in [2.75, 3.05) is 16.6 Å². The molecule has 0 aliphatic rings. The molecule has 0 spiro atoms. The number of sulfonamides is 1. The molecule has 2 N–H and O–H groups in total. The van der Waals surface area contributed by atoms with E-state index in [-0.39, 0.29) is 10.7 Å². The summed E-state index contributed by atoms with van der Waals surface area (Å²) in [7, 11) is -3.75. The third kappa shape index (κ3) is 4.06. The summed E-state index contributed by atoms with van der Waals surface area (Å²) in [5, 5.41) is 3.17. The largest absolute Gasteiger partial charge is 0.367 e. The third-order valence-corrected chi connectivity index (χ3v) is 4.98. The molecule has 0 aliphatic carbocycles. The van der Waals surface area contributed by atoms with Crippen LogP contribution in [-0.4, -0.2) is 24.9 Å². The molecule has 0 bridgehead atoms. The van der Waals surface area contributed by atoms with E-state index < -0.39 is 10.0 Å². The minimum atomic E-state index is -3.75. The highest BCUT2D eigenvalue weighted by atomic mass is 32.2. The molecule has 25 heavy (non-hydrogen) atoms. The van der Waals surface area contributed by atoms with Crippen LogP contribution in [0.25, 0.3) is 11.0 Å². The molecule has 0 amide bonds. The molecule has 3 aromatic rings. The first kappa shape index (κ1) is 17.2. The normalized spacial score (nSPS) is 11.4. The Labute approximate surface area is 147 Å². The van der Waals surface area contributed by atoms with Gasteiger partial charge in [-0.1, -0.05) is 37.6 Å². The van der Waals surface area contributed by atoms with Gasteiger partial charge in [0.2, 0.25) is 0 Å². The molecule has 0 saturated carbocycles. The second-order valence-corrected chi connectivity index (χ2v) is 7.21. The molecule has 6 nitrogen and oxygen atoms in total. The predicted octanol–water partition coefficient (Wildman–Crippen LogP) is 3.44. The number of aromatic nitrogens is 2. The lowest BCUT2D eigenvalue weighted by atomic mass is 10.3. The fraction of sp³-hybridized carbons (Fsp3) is 0.222. The van der Waals surface area contributed by atoms with E-state index >= 15 is 0 Å². The van der Waals surface area contributed by atoms with E-state index in [0.717, 1.165) is 12.8 Å². The second kappa shape index (κ2) is 7.48. The van der Waals surface area contributed by atoms with Crippen LogP contribution in [0.2, 0.25) is 0 Å². The number of anilines is 2. The number of hydrogen-bond donors (Lipinski definition) is 2. The summed E-state index contributed by atoms with van der Waals surface area (Å²) in [6.45, 7) is 2.78. The maximum Gasteiger partial charge on any atom is 0.263 e. The van der Waals surface area contributed by atoms with Gasteiger partial charge in [-0.15, -0.1) is 0 Å². The van der Waals surface area contributed by atoms with Crippen LogP contribution in [0.5, 0.6) is 0 Å². The highest BCUT2D eigenvalue weighted by Gasteiger charge is 2.18. The van der Waals surface area contributed by atoms with E-state index in [2.05, 4.69) is 33.0 Å². The summed E-state index contributed by atoms with van der Waals surface area (Å²) in [5.41, 5.74) is 1.33. The van der Waals surface area contributed by atoms with Crippen molar-refractivity contribution >= 4 is 32.7 Å². The zero-order valence-electron chi connectivity index (χ0n) is 13.9. The van der Waals surface area contributed by atoms with E-state index in [1.165, 1.54) is 12.1 Å². The Morgan fingerprint density at radius 2 is 1.64 bits per heavy atom. The van der Waals surface area contributed by atoms with Crippen LogP contribution in [0.15, 0.2) is 53.4 Å². The van der Waals surface area contributed by atoms with Crippen LogP contribution in [-0.2, 0) is 10.0 Å². The highest BCUT2D eigenvalue weighted by Crippen LogP contribution is 2.24. The summed E-state index contributed by atoms with van der Waals surface area (Å²) in [5.74, 6) is 0.626. The van der Waals surface area contributed by atoms with Crippen LogP contribution in [0, 0.1) is 6.07 Å². The number of benzene rings is 2. The molecule has 1 aromatic heterocycles. The van der Waals surface area contributed by atoms with Gasteiger partial charge < -0.3 is 5.32 Å². The number of hydrogen-bond acceptors (Lipinski definition) is 5. The van der Waals surface area contributed by atoms with Crippen molar-refractivity contribution < 1.29 is 8.42 Å². The zero-order chi connectivity index (χ0) is 17.7. The van der Waals surface area contributed by atoms with Crippen LogP contribution in [0.4, 0.5) is 11.6 Å². The van der Waals surface area contributed by atoms with Crippen molar-refractivity contribution in [3.05, 3.63) is 54.6 Å². The Hall–Kier alpha value is -2.67. The molecule has 7 heteroatoms. The molecule has 0 saturated heterocycles. The summed E-state index contributed by atoms with van der Waals surface area (Å²) in [6, 6.07) is 16.3. The lowest BCUT2D eigenvalue weighted by molar-refractivity contribution is 0.601. The molecule has 129 valence electrons. The van der Waals surface area contributed by atoms with Crippen LogP contribution >= 0.6 is 0 Å². The summed E-state index contributed by atoms with van der Waals surface area (Å²) in [4.78, 5) is 9.11. The van der Waals surface area contributed by atoms with Crippen molar-refractivity contribution in [2.45, 2.75) is 24.7 Å². The smallest absolute Gasteiger partial charge is 0.263 e. The Kier molecular flexibility index (Phi) is 5.14. The average Bonchev–Trinajstić information content (AvgIpc) is 2.63. The van der Waals surface area contributed by atoms with E-state index in [1.54, 1.807) is 18.2 Å². The molecule has 0 aliphatic heterocycles. The van der Waals surface area contributed by atoms with Gasteiger partial charge in [0.25, 0.3) is 10.0 Å². The molecular weight excluding hydrogens is 336 g/mol. The molecule has 0 unspecified atom stereocenters. The molecule has 1 heterocycles. The third-order valence-electron chi connectivity index (χ3n) is 3.62. The Balaban J connectivity index is 1.99. The first-order valence-corrected chi connectivity index (χ1v) is 9.58. The summed E-state index contributed by atoms with van der Waals surface area (Å²) in [6.07, 6.45) is 1.98. The Bertz CT molecular complexity index is 959. The standard InChI is InChI=1S/C18H19N4O2S/c1-2-3-13-19-17-18(21-16-12-8-7-11-15(16)20-17)22-25(23,24)14-9-5-4-6-10-14/h5-12H,2-3,13H2,1H3,(H,19,20)(H,21,22). The number of rotatable bonds is 7. The molecule has 0 atom stereocenters. The summed E-state index contributed by atoms with van der Waals surface area (Å²) >= 11 is 0. The molecule has 0 fully saturated rings. The molecule has 1 radical (unpaired) electrons. The molecular formula is C18H19N4O2S. The first-order valence-electron chi connectivity index (χ1n) is 8.10. The molecule has 3 rings (SSSR count). The van der Waals surface area contributed by atoms with Gasteiger partial charge in [0, 0.05) is 6.54 Å². The quantitative estimate of drug-likeness (QED) is 0.634. The van der Waals surface area contributed by atoms with Crippen LogP contribution in [0.3, 0.4) is 0 Å². The van der Waals surface area contributed by atoms with Gasteiger partial charge in [-0.3, -0.25) is 4.72 Å². The van der Waals surface area contributed by atoms with Crippen molar-refractivity contribution in [2.24, 2.45) is 0 Å². The maximum atomic E-state index is 12.6. The van der Waals surface area contributed by atoms with E-state index in [4.69, 9.17) is 0 Å². The lowest BCUT2D eigenvalue weighted by Crippen LogP contribution is -2.17. The van der Waals surface area contributed by atoms with Crippen LogP contribution < -0.4 is 10.0 Å². The Morgan fingerprint density at radius 1 is 1.00 bits per heavy atom. The van der Waals surface area contributed by atoms with Gasteiger partial charge in [-0.05, 0) is 36.8 Å². The van der Waals surface area contributed by atoms with Crippen molar-refractivity contribution in [3.8, 4) is 0 Å². The van der Waals surface area contributed by atoms with Gasteiger partial charge in [-0.25, -0.2) is 18.4 Å². The lowest BCUT2D eigenvalue weighted by Gasteiger charge is -2.13. The second-order valence-electron chi connectivity index (χ2n) is 5.53. The minimum absolute atomic E-state index is 0.153. The van der Waals surface area contributed by atoms with E-state index in [9.17, 15) is 8.42 Å². The van der Waals surface area contributed by atoms with Gasteiger partial charge >= 0.3 is 0 Å². The van der Waals surface area contributed by atoms with Crippen molar-refractivity contribution in [1.29, 1.82) is 0 Å². The fourth-order valence-corrected chi connectivity index (χ4v) is 3.32. The number of unbranched alkanes of at least 4 members (excludes halogenated alkanes) is 1. The number of nitrogens with zero attached hydrogens (tertiary/aromatic N) is 2. The molecule has 2 aromatic carbocycles. The van der Waals surface area contributed by atoms with E-state index in [1.807, 2.05) is 18.2 Å². The van der Waals surface area contributed by atoms with Crippen molar-refractivity contribution in [1.82, 2.24) is 9.97 Å². The minimum Gasteiger partial charge on any atom is -0.367 e. The maximum absolute atomic E-state index is 12.6. The Morgan fingerprint density at radius 3 is 2.28 bits per heavy atom. The number of fused-ring (bicyclic) bond motifs is 1. The van der Waals surface area contributed by atoms with Gasteiger partial charge in [0.1, 0.15) is 0 Å². The van der Waals surface area contributed by atoms with Crippen molar-refractivity contribution in [3.63, 3.8) is 0 Å². The number of nitrogens with one attached hydrogen (secondary N) is 2. The zero-order valence-corrected chi connectivity index (χ0v) is 14.7. The summed E-state index contributed by atoms with van der Waals surface area (Å²) < 4.78 is 27.7. The number of para-hydroxylation sites is 2.